The lowest BCUT2D eigenvalue weighted by Gasteiger charge is -2.31. The molecule has 1 amide bonds. The molecule has 0 spiro atoms. The van der Waals surface area contributed by atoms with Crippen LogP contribution in [0.25, 0.3) is 0 Å². The van der Waals surface area contributed by atoms with E-state index in [-0.39, 0.29) is 36.8 Å². The van der Waals surface area contributed by atoms with Gasteiger partial charge >= 0.3 is 0 Å². The SMILES string of the molecule is CCOc1ccc(C2CCCN2C(=O)CN2CCNCC2)cc1.Cl.Cl. The molecule has 25 heavy (non-hydrogen) atoms. The van der Waals surface area contributed by atoms with Crippen molar-refractivity contribution < 1.29 is 9.53 Å². The van der Waals surface area contributed by atoms with E-state index >= 15 is 0 Å². The third-order valence-electron chi connectivity index (χ3n) is 4.72. The van der Waals surface area contributed by atoms with Crippen LogP contribution in [0.5, 0.6) is 5.75 Å². The lowest BCUT2D eigenvalue weighted by atomic mass is 10.0. The zero-order chi connectivity index (χ0) is 16.1. The number of carbonyl (C=O) groups excluding carboxylic acids is 1. The second kappa shape index (κ2) is 10.9. The fourth-order valence-electron chi connectivity index (χ4n) is 3.52. The minimum absolute atomic E-state index is 0. The molecule has 0 radical (unpaired) electrons. The molecule has 0 aromatic heterocycles. The fraction of sp³-hybridized carbons (Fsp3) is 0.611. The van der Waals surface area contributed by atoms with Crippen molar-refractivity contribution >= 4 is 30.7 Å². The highest BCUT2D eigenvalue weighted by atomic mass is 35.5. The molecule has 1 aromatic rings. The maximum absolute atomic E-state index is 12.7. The van der Waals surface area contributed by atoms with Gasteiger partial charge in [0.1, 0.15) is 5.75 Å². The number of piperazine rings is 1. The normalized spacial score (nSPS) is 20.5. The number of likely N-dealkylation sites (tertiary alicyclic amines) is 1. The highest BCUT2D eigenvalue weighted by Crippen LogP contribution is 2.32. The first-order valence-corrected chi connectivity index (χ1v) is 8.73. The third kappa shape index (κ3) is 5.74. The minimum atomic E-state index is 0. The molecule has 0 bridgehead atoms. The zero-order valence-corrected chi connectivity index (χ0v) is 16.4. The van der Waals surface area contributed by atoms with E-state index in [1.165, 1.54) is 5.56 Å². The quantitative estimate of drug-likeness (QED) is 0.839. The average molecular weight is 390 g/mol. The van der Waals surface area contributed by atoms with Gasteiger partial charge in [0.25, 0.3) is 0 Å². The number of halogens is 2. The van der Waals surface area contributed by atoms with Crippen LogP contribution in [0, 0.1) is 0 Å². The number of hydrogen-bond donors (Lipinski definition) is 1. The number of rotatable bonds is 5. The number of carbonyl (C=O) groups is 1. The summed E-state index contributed by atoms with van der Waals surface area (Å²) >= 11 is 0. The monoisotopic (exact) mass is 389 g/mol. The van der Waals surface area contributed by atoms with Crippen LogP contribution in [-0.4, -0.2) is 61.6 Å². The molecule has 0 aliphatic carbocycles. The third-order valence-corrected chi connectivity index (χ3v) is 4.72. The van der Waals surface area contributed by atoms with Crippen LogP contribution >= 0.6 is 24.8 Å². The van der Waals surface area contributed by atoms with Gasteiger partial charge < -0.3 is 15.0 Å². The van der Waals surface area contributed by atoms with Gasteiger partial charge in [-0.1, -0.05) is 12.1 Å². The van der Waals surface area contributed by atoms with Gasteiger partial charge in [0.15, 0.2) is 0 Å². The first-order valence-electron chi connectivity index (χ1n) is 8.73. The summed E-state index contributed by atoms with van der Waals surface area (Å²) in [5, 5.41) is 3.33. The van der Waals surface area contributed by atoms with E-state index in [1.54, 1.807) is 0 Å². The van der Waals surface area contributed by atoms with Crippen LogP contribution in [0.2, 0.25) is 0 Å². The maximum Gasteiger partial charge on any atom is 0.237 e. The lowest BCUT2D eigenvalue weighted by molar-refractivity contribution is -0.133. The largest absolute Gasteiger partial charge is 0.494 e. The molecular formula is C18H29Cl2N3O2. The Morgan fingerprint density at radius 3 is 2.48 bits per heavy atom. The molecule has 1 N–H and O–H groups in total. The lowest BCUT2D eigenvalue weighted by Crippen LogP contribution is -2.48. The minimum Gasteiger partial charge on any atom is -0.494 e. The van der Waals surface area contributed by atoms with Crippen molar-refractivity contribution in [1.82, 2.24) is 15.1 Å². The Kier molecular flexibility index (Phi) is 9.57. The molecule has 7 heteroatoms. The van der Waals surface area contributed by atoms with E-state index in [0.717, 1.165) is 51.3 Å². The Balaban J connectivity index is 0.00000156. The molecule has 3 rings (SSSR count). The molecular weight excluding hydrogens is 361 g/mol. The van der Waals surface area contributed by atoms with Gasteiger partial charge in [0, 0.05) is 32.7 Å². The van der Waals surface area contributed by atoms with E-state index in [1.807, 2.05) is 19.1 Å². The summed E-state index contributed by atoms with van der Waals surface area (Å²) in [7, 11) is 0. The maximum atomic E-state index is 12.7. The fourth-order valence-corrected chi connectivity index (χ4v) is 3.52. The van der Waals surface area contributed by atoms with E-state index < -0.39 is 0 Å². The smallest absolute Gasteiger partial charge is 0.237 e. The molecule has 2 aliphatic rings. The molecule has 1 atom stereocenters. The number of amides is 1. The average Bonchev–Trinajstić information content (AvgIpc) is 3.06. The number of nitrogens with one attached hydrogen (secondary N) is 1. The van der Waals surface area contributed by atoms with Gasteiger partial charge in [-0.25, -0.2) is 0 Å². The van der Waals surface area contributed by atoms with Gasteiger partial charge in [0.05, 0.1) is 19.2 Å². The molecule has 2 saturated heterocycles. The van der Waals surface area contributed by atoms with Gasteiger partial charge in [-0.05, 0) is 37.5 Å². The van der Waals surface area contributed by atoms with Crippen LogP contribution in [0.15, 0.2) is 24.3 Å². The Bertz CT molecular complexity index is 522. The van der Waals surface area contributed by atoms with Gasteiger partial charge in [0.2, 0.25) is 5.91 Å². The van der Waals surface area contributed by atoms with Crippen molar-refractivity contribution in [3.8, 4) is 5.75 Å². The molecule has 2 fully saturated rings. The van der Waals surface area contributed by atoms with Gasteiger partial charge in [-0.2, -0.15) is 0 Å². The van der Waals surface area contributed by atoms with E-state index in [2.05, 4.69) is 27.2 Å². The summed E-state index contributed by atoms with van der Waals surface area (Å²) < 4.78 is 5.51. The highest BCUT2D eigenvalue weighted by Gasteiger charge is 2.30. The van der Waals surface area contributed by atoms with Crippen LogP contribution in [0.1, 0.15) is 31.4 Å². The summed E-state index contributed by atoms with van der Waals surface area (Å²) in [6.07, 6.45) is 2.15. The second-order valence-electron chi connectivity index (χ2n) is 6.27. The number of hydrogen-bond acceptors (Lipinski definition) is 4. The molecule has 1 unspecified atom stereocenters. The number of ether oxygens (including phenoxy) is 1. The van der Waals surface area contributed by atoms with Crippen molar-refractivity contribution in [2.75, 3.05) is 45.9 Å². The molecule has 2 aliphatic heterocycles. The summed E-state index contributed by atoms with van der Waals surface area (Å²) in [6, 6.07) is 8.45. The Morgan fingerprint density at radius 2 is 1.84 bits per heavy atom. The first kappa shape index (κ1) is 22.0. The number of nitrogens with zero attached hydrogens (tertiary/aromatic N) is 2. The molecule has 2 heterocycles. The van der Waals surface area contributed by atoms with Gasteiger partial charge in [-0.3, -0.25) is 9.69 Å². The van der Waals surface area contributed by atoms with Crippen molar-refractivity contribution in [3.63, 3.8) is 0 Å². The summed E-state index contributed by atoms with van der Waals surface area (Å²) in [4.78, 5) is 17.0. The van der Waals surface area contributed by atoms with Crippen LogP contribution < -0.4 is 10.1 Å². The Hall–Kier alpha value is -1.01. The summed E-state index contributed by atoms with van der Waals surface area (Å²) in [6.45, 7) is 7.99. The Morgan fingerprint density at radius 1 is 1.16 bits per heavy atom. The van der Waals surface area contributed by atoms with Crippen molar-refractivity contribution in [2.45, 2.75) is 25.8 Å². The van der Waals surface area contributed by atoms with E-state index in [4.69, 9.17) is 4.74 Å². The Labute approximate surface area is 162 Å². The van der Waals surface area contributed by atoms with Crippen LogP contribution in [0.3, 0.4) is 0 Å². The van der Waals surface area contributed by atoms with E-state index in [0.29, 0.717) is 13.2 Å². The van der Waals surface area contributed by atoms with Crippen molar-refractivity contribution in [1.29, 1.82) is 0 Å². The molecule has 142 valence electrons. The number of benzene rings is 1. The van der Waals surface area contributed by atoms with Crippen molar-refractivity contribution in [2.24, 2.45) is 0 Å². The second-order valence-corrected chi connectivity index (χ2v) is 6.27. The predicted octanol–water partition coefficient (Wildman–Crippen LogP) is 2.50. The van der Waals surface area contributed by atoms with E-state index in [9.17, 15) is 4.79 Å². The van der Waals surface area contributed by atoms with Crippen LogP contribution in [0.4, 0.5) is 0 Å². The molecule has 5 nitrogen and oxygen atoms in total. The molecule has 1 aromatic carbocycles. The summed E-state index contributed by atoms with van der Waals surface area (Å²) in [5.74, 6) is 1.16. The first-order chi connectivity index (χ1) is 11.3. The molecule has 0 saturated carbocycles. The highest BCUT2D eigenvalue weighted by molar-refractivity contribution is 5.85. The zero-order valence-electron chi connectivity index (χ0n) is 14.8. The predicted molar refractivity (Wildman–Crippen MR) is 105 cm³/mol. The summed E-state index contributed by atoms with van der Waals surface area (Å²) in [5.41, 5.74) is 1.22. The standard InChI is InChI=1S/C18H27N3O2.2ClH/c1-2-23-16-7-5-15(6-8-16)17-4-3-11-21(17)18(22)14-20-12-9-19-10-13-20;;/h5-8,17,19H,2-4,9-14H2,1H3;2*1H. The van der Waals surface area contributed by atoms with Gasteiger partial charge in [-0.15, -0.1) is 24.8 Å². The van der Waals surface area contributed by atoms with Crippen LogP contribution in [-0.2, 0) is 4.79 Å². The topological polar surface area (TPSA) is 44.8 Å². The van der Waals surface area contributed by atoms with Crippen molar-refractivity contribution in [3.05, 3.63) is 29.8 Å².